The highest BCUT2D eigenvalue weighted by molar-refractivity contribution is 9.10. The summed E-state index contributed by atoms with van der Waals surface area (Å²) in [4.78, 5) is 8.52. The Morgan fingerprint density at radius 3 is 3.05 bits per heavy atom. The lowest BCUT2D eigenvalue weighted by Crippen LogP contribution is -2.11. The molecule has 0 radical (unpaired) electrons. The molecule has 20 heavy (non-hydrogen) atoms. The van der Waals surface area contributed by atoms with Gasteiger partial charge in [0.15, 0.2) is 0 Å². The second-order valence-corrected chi connectivity index (χ2v) is 5.29. The van der Waals surface area contributed by atoms with Crippen molar-refractivity contribution in [3.63, 3.8) is 0 Å². The quantitative estimate of drug-likeness (QED) is 0.855. The minimum atomic E-state index is -0.0903. The van der Waals surface area contributed by atoms with Crippen molar-refractivity contribution < 1.29 is 14.0 Å². The van der Waals surface area contributed by atoms with E-state index in [4.69, 9.17) is 14.0 Å². The van der Waals surface area contributed by atoms with Crippen molar-refractivity contribution in [3.8, 4) is 17.3 Å². The Labute approximate surface area is 124 Å². The van der Waals surface area contributed by atoms with Crippen molar-refractivity contribution in [3.05, 3.63) is 22.6 Å². The predicted molar refractivity (Wildman–Crippen MR) is 74.3 cm³/mol. The van der Waals surface area contributed by atoms with Crippen molar-refractivity contribution in [2.45, 2.75) is 25.4 Å². The van der Waals surface area contributed by atoms with Gasteiger partial charge in [0.05, 0.1) is 11.6 Å². The number of methoxy groups -OCH3 is 1. The van der Waals surface area contributed by atoms with Crippen LogP contribution >= 0.6 is 15.9 Å². The van der Waals surface area contributed by atoms with Gasteiger partial charge in [-0.1, -0.05) is 5.16 Å². The van der Waals surface area contributed by atoms with E-state index >= 15 is 0 Å². The first-order valence-electron chi connectivity index (χ1n) is 6.43. The molecule has 0 amide bonds. The second kappa shape index (κ2) is 5.88. The fourth-order valence-corrected chi connectivity index (χ4v) is 2.72. The topological polar surface area (TPSA) is 70.3 Å². The predicted octanol–water partition coefficient (Wildman–Crippen LogP) is 3.14. The van der Waals surface area contributed by atoms with Gasteiger partial charge in [0.25, 0.3) is 5.89 Å². The lowest BCUT2D eigenvalue weighted by atomic mass is 10.1. The van der Waals surface area contributed by atoms with E-state index in [0.717, 1.165) is 31.4 Å². The van der Waals surface area contributed by atoms with Crippen LogP contribution in [0.4, 0.5) is 0 Å². The summed E-state index contributed by atoms with van der Waals surface area (Å²) >= 11 is 3.44. The molecule has 0 bridgehead atoms. The molecule has 2 aromatic rings. The van der Waals surface area contributed by atoms with Crippen molar-refractivity contribution in [2.24, 2.45) is 0 Å². The van der Waals surface area contributed by atoms with Crippen molar-refractivity contribution in [1.29, 1.82) is 0 Å². The maximum Gasteiger partial charge on any atom is 0.256 e. The summed E-state index contributed by atoms with van der Waals surface area (Å²) in [5.41, 5.74) is 0.780. The maximum absolute atomic E-state index is 5.64. The summed E-state index contributed by atoms with van der Waals surface area (Å²) in [5.74, 6) is 1.52. The molecule has 1 unspecified atom stereocenters. The van der Waals surface area contributed by atoms with E-state index in [0.29, 0.717) is 22.1 Å². The molecule has 0 saturated carbocycles. The van der Waals surface area contributed by atoms with Crippen LogP contribution in [-0.4, -0.2) is 28.8 Å². The zero-order valence-corrected chi connectivity index (χ0v) is 12.6. The Morgan fingerprint density at radius 2 is 2.30 bits per heavy atom. The van der Waals surface area contributed by atoms with Crippen LogP contribution in [0.3, 0.4) is 0 Å². The van der Waals surface area contributed by atoms with Crippen LogP contribution in [0.15, 0.2) is 21.3 Å². The molecule has 1 aliphatic heterocycles. The van der Waals surface area contributed by atoms with Gasteiger partial charge < -0.3 is 14.0 Å². The van der Waals surface area contributed by atoms with Gasteiger partial charge in [0.2, 0.25) is 11.7 Å². The fraction of sp³-hybridized carbons (Fsp3) is 0.462. The summed E-state index contributed by atoms with van der Waals surface area (Å²) in [6.45, 7) is 0.745. The molecule has 1 atom stereocenters. The van der Waals surface area contributed by atoms with Crippen molar-refractivity contribution in [2.75, 3.05) is 13.7 Å². The first kappa shape index (κ1) is 13.5. The lowest BCUT2D eigenvalue weighted by Gasteiger charge is -2.18. The summed E-state index contributed by atoms with van der Waals surface area (Å²) in [6.07, 6.45) is 4.68. The zero-order valence-electron chi connectivity index (χ0n) is 11.0. The number of aromatic nitrogens is 3. The van der Waals surface area contributed by atoms with Gasteiger partial charge in [-0.15, -0.1) is 0 Å². The van der Waals surface area contributed by atoms with Crippen LogP contribution in [0.1, 0.15) is 31.3 Å². The highest BCUT2D eigenvalue weighted by Crippen LogP contribution is 2.34. The molecular weight excluding hydrogens is 326 g/mol. The van der Waals surface area contributed by atoms with E-state index < -0.39 is 0 Å². The minimum absolute atomic E-state index is 0.0903. The van der Waals surface area contributed by atoms with Gasteiger partial charge in [-0.25, -0.2) is 4.98 Å². The van der Waals surface area contributed by atoms with Crippen LogP contribution < -0.4 is 4.74 Å². The minimum Gasteiger partial charge on any atom is -0.480 e. The molecule has 1 saturated heterocycles. The number of halogens is 1. The van der Waals surface area contributed by atoms with E-state index in [1.807, 2.05) is 6.07 Å². The number of hydrogen-bond donors (Lipinski definition) is 0. The third-order valence-corrected chi connectivity index (χ3v) is 3.95. The standard InChI is InChI=1S/C13H14BrN3O3/c1-18-13-10(14)8(5-6-15-13)11-16-12(20-17-11)9-4-2-3-7-19-9/h5-6,9H,2-4,7H2,1H3. The Kier molecular flexibility index (Phi) is 3.98. The Bertz CT molecular complexity index is 596. The fourth-order valence-electron chi connectivity index (χ4n) is 2.15. The summed E-state index contributed by atoms with van der Waals surface area (Å²) in [5, 5.41) is 4.02. The summed E-state index contributed by atoms with van der Waals surface area (Å²) in [6, 6.07) is 1.81. The van der Waals surface area contributed by atoms with E-state index in [1.165, 1.54) is 0 Å². The lowest BCUT2D eigenvalue weighted by molar-refractivity contribution is -0.00459. The monoisotopic (exact) mass is 339 g/mol. The molecule has 7 heteroatoms. The summed E-state index contributed by atoms with van der Waals surface area (Å²) < 4.78 is 16.8. The molecule has 106 valence electrons. The highest BCUT2D eigenvalue weighted by Gasteiger charge is 2.23. The number of ether oxygens (including phenoxy) is 2. The molecule has 6 nitrogen and oxygen atoms in total. The van der Waals surface area contributed by atoms with Crippen molar-refractivity contribution in [1.82, 2.24) is 15.1 Å². The van der Waals surface area contributed by atoms with Crippen molar-refractivity contribution >= 4 is 15.9 Å². The third kappa shape index (κ3) is 2.55. The molecule has 1 aliphatic rings. The van der Waals surface area contributed by atoms with Gasteiger partial charge >= 0.3 is 0 Å². The number of hydrogen-bond acceptors (Lipinski definition) is 6. The number of pyridine rings is 1. The van der Waals surface area contributed by atoms with Gasteiger partial charge in [0, 0.05) is 18.4 Å². The molecule has 0 aromatic carbocycles. The zero-order chi connectivity index (χ0) is 13.9. The highest BCUT2D eigenvalue weighted by atomic mass is 79.9. The molecule has 3 heterocycles. The van der Waals surface area contributed by atoms with E-state index in [2.05, 4.69) is 31.1 Å². The second-order valence-electron chi connectivity index (χ2n) is 4.49. The first-order chi connectivity index (χ1) is 9.79. The van der Waals surface area contributed by atoms with Crippen LogP contribution in [0.5, 0.6) is 5.88 Å². The van der Waals surface area contributed by atoms with E-state index in [1.54, 1.807) is 13.3 Å². The molecule has 1 fully saturated rings. The normalized spacial score (nSPS) is 19.0. The van der Waals surface area contributed by atoms with Crippen LogP contribution in [0.2, 0.25) is 0 Å². The van der Waals surface area contributed by atoms with Crippen LogP contribution in [0.25, 0.3) is 11.4 Å². The molecule has 3 rings (SSSR count). The number of nitrogens with zero attached hydrogens (tertiary/aromatic N) is 3. The summed E-state index contributed by atoms with van der Waals surface area (Å²) in [7, 11) is 1.56. The van der Waals surface area contributed by atoms with Gasteiger partial charge in [-0.05, 0) is 41.3 Å². The third-order valence-electron chi connectivity index (χ3n) is 3.19. The largest absolute Gasteiger partial charge is 0.480 e. The molecular formula is C13H14BrN3O3. The first-order valence-corrected chi connectivity index (χ1v) is 7.23. The van der Waals surface area contributed by atoms with Crippen LogP contribution in [0, 0.1) is 0 Å². The smallest absolute Gasteiger partial charge is 0.256 e. The van der Waals surface area contributed by atoms with Gasteiger partial charge in [-0.2, -0.15) is 4.98 Å². The molecule has 0 N–H and O–H groups in total. The number of rotatable bonds is 3. The molecule has 0 aliphatic carbocycles. The SMILES string of the molecule is COc1nccc(-c2noc(C3CCCCO3)n2)c1Br. The Balaban J connectivity index is 1.90. The van der Waals surface area contributed by atoms with Gasteiger partial charge in [-0.3, -0.25) is 0 Å². The average Bonchev–Trinajstić information content (AvgIpc) is 2.98. The maximum atomic E-state index is 5.64. The Morgan fingerprint density at radius 1 is 1.40 bits per heavy atom. The molecule has 0 spiro atoms. The van der Waals surface area contributed by atoms with Crippen LogP contribution in [-0.2, 0) is 4.74 Å². The van der Waals surface area contributed by atoms with E-state index in [9.17, 15) is 0 Å². The molecule has 2 aromatic heterocycles. The van der Waals surface area contributed by atoms with E-state index in [-0.39, 0.29) is 6.10 Å². The average molecular weight is 340 g/mol. The van der Waals surface area contributed by atoms with Gasteiger partial charge in [0.1, 0.15) is 6.10 Å². The Hall–Kier alpha value is -1.47.